The van der Waals surface area contributed by atoms with Gasteiger partial charge in [0.15, 0.2) is 5.82 Å². The zero-order chi connectivity index (χ0) is 19.9. The van der Waals surface area contributed by atoms with Crippen LogP contribution in [0, 0.1) is 0 Å². The van der Waals surface area contributed by atoms with Crippen LogP contribution >= 0.6 is 0 Å². The van der Waals surface area contributed by atoms with E-state index in [9.17, 15) is 0 Å². The van der Waals surface area contributed by atoms with Crippen LogP contribution < -0.4 is 20.0 Å². The maximum absolute atomic E-state index is 5.47. The predicted molar refractivity (Wildman–Crippen MR) is 112 cm³/mol. The Balaban J connectivity index is 1.52. The van der Waals surface area contributed by atoms with E-state index in [0.717, 1.165) is 43.3 Å². The van der Waals surface area contributed by atoms with Gasteiger partial charge in [0.05, 0.1) is 39.8 Å². The molecule has 3 heterocycles. The summed E-state index contributed by atoms with van der Waals surface area (Å²) in [5.41, 5.74) is 4.02. The van der Waals surface area contributed by atoms with E-state index in [0.29, 0.717) is 38.2 Å². The fourth-order valence-corrected chi connectivity index (χ4v) is 3.20. The number of aromatic nitrogens is 2. The molecule has 1 N–H and O–H groups in total. The highest BCUT2D eigenvalue weighted by Crippen LogP contribution is 2.22. The molecule has 1 aromatic carbocycles. The summed E-state index contributed by atoms with van der Waals surface area (Å²) < 4.78 is 16.1. The first kappa shape index (κ1) is 19.4. The highest BCUT2D eigenvalue weighted by molar-refractivity contribution is 5.80. The molecule has 0 atom stereocenters. The van der Waals surface area contributed by atoms with E-state index >= 15 is 0 Å². The first-order chi connectivity index (χ1) is 14.3. The summed E-state index contributed by atoms with van der Waals surface area (Å²) in [6.07, 6.45) is 1.75. The molecule has 0 unspecified atom stereocenters. The number of hydrogen-bond acceptors (Lipinski definition) is 9. The summed E-state index contributed by atoms with van der Waals surface area (Å²) in [7, 11) is 1.65. The summed E-state index contributed by atoms with van der Waals surface area (Å²) in [5, 5.41) is 4.35. The van der Waals surface area contributed by atoms with Crippen molar-refractivity contribution in [1.29, 1.82) is 0 Å². The Morgan fingerprint density at radius 3 is 2.28 bits per heavy atom. The number of anilines is 3. The van der Waals surface area contributed by atoms with Gasteiger partial charge in [0.2, 0.25) is 5.95 Å². The third-order valence-electron chi connectivity index (χ3n) is 4.84. The van der Waals surface area contributed by atoms with Crippen molar-refractivity contribution in [2.45, 2.75) is 0 Å². The van der Waals surface area contributed by atoms with E-state index in [-0.39, 0.29) is 0 Å². The lowest BCUT2D eigenvalue weighted by Gasteiger charge is -2.31. The van der Waals surface area contributed by atoms with Crippen molar-refractivity contribution in [3.63, 3.8) is 0 Å². The van der Waals surface area contributed by atoms with Crippen LogP contribution in [0.4, 0.5) is 17.6 Å². The molecule has 0 bridgehead atoms. The largest absolute Gasteiger partial charge is 0.497 e. The van der Waals surface area contributed by atoms with Crippen LogP contribution in [0.25, 0.3) is 0 Å². The smallest absolute Gasteiger partial charge is 0.229 e. The van der Waals surface area contributed by atoms with Gasteiger partial charge in [-0.05, 0) is 29.8 Å². The van der Waals surface area contributed by atoms with E-state index in [4.69, 9.17) is 19.2 Å². The SMILES string of the molecule is COc1ccc(C=NNc2cc(N3CCOCC3)nc(N3CCOCC3)n2)cc1. The summed E-state index contributed by atoms with van der Waals surface area (Å²) in [5.74, 6) is 3.05. The van der Waals surface area contributed by atoms with Crippen molar-refractivity contribution >= 4 is 23.8 Å². The summed E-state index contributed by atoms with van der Waals surface area (Å²) >= 11 is 0. The number of rotatable bonds is 6. The van der Waals surface area contributed by atoms with Gasteiger partial charge in [0.25, 0.3) is 0 Å². The van der Waals surface area contributed by atoms with E-state index in [1.54, 1.807) is 13.3 Å². The normalized spacial score (nSPS) is 17.6. The van der Waals surface area contributed by atoms with Gasteiger partial charge in [-0.1, -0.05) is 0 Å². The molecule has 2 aliphatic heterocycles. The Labute approximate surface area is 170 Å². The maximum Gasteiger partial charge on any atom is 0.229 e. The van der Waals surface area contributed by atoms with Gasteiger partial charge in [-0.15, -0.1) is 0 Å². The monoisotopic (exact) mass is 398 g/mol. The second kappa shape index (κ2) is 9.53. The number of benzene rings is 1. The highest BCUT2D eigenvalue weighted by atomic mass is 16.5. The number of hydrogen-bond donors (Lipinski definition) is 1. The Kier molecular flexibility index (Phi) is 6.38. The number of morpholine rings is 2. The van der Waals surface area contributed by atoms with Crippen LogP contribution in [0.5, 0.6) is 5.75 Å². The third-order valence-corrected chi connectivity index (χ3v) is 4.84. The molecule has 2 saturated heterocycles. The Morgan fingerprint density at radius 1 is 0.966 bits per heavy atom. The molecule has 0 amide bonds. The molecule has 2 fully saturated rings. The molecule has 0 spiro atoms. The van der Waals surface area contributed by atoms with Crippen molar-refractivity contribution in [2.24, 2.45) is 5.10 Å². The molecule has 2 aromatic rings. The number of nitrogens with zero attached hydrogens (tertiary/aromatic N) is 5. The standard InChI is InChI=1S/C20H26N6O3/c1-27-17-4-2-16(3-5-17)15-21-24-18-14-19(25-6-10-28-11-7-25)23-20(22-18)26-8-12-29-13-9-26/h2-5,14-15H,6-13H2,1H3,(H,22,23,24). The topological polar surface area (TPSA) is 84.3 Å². The average molecular weight is 398 g/mol. The van der Waals surface area contributed by atoms with Gasteiger partial charge in [-0.3, -0.25) is 5.43 Å². The number of ether oxygens (including phenoxy) is 3. The highest BCUT2D eigenvalue weighted by Gasteiger charge is 2.19. The predicted octanol–water partition coefficient (Wildman–Crippen LogP) is 1.60. The van der Waals surface area contributed by atoms with Gasteiger partial charge in [0.1, 0.15) is 11.6 Å². The van der Waals surface area contributed by atoms with Gasteiger partial charge in [-0.25, -0.2) is 0 Å². The minimum absolute atomic E-state index is 0.660. The van der Waals surface area contributed by atoms with Crippen LogP contribution in [0.15, 0.2) is 35.4 Å². The zero-order valence-corrected chi connectivity index (χ0v) is 16.6. The van der Waals surface area contributed by atoms with Crippen molar-refractivity contribution in [3.05, 3.63) is 35.9 Å². The van der Waals surface area contributed by atoms with Crippen LogP contribution in [-0.4, -0.2) is 75.9 Å². The third kappa shape index (κ3) is 5.12. The second-order valence-electron chi connectivity index (χ2n) is 6.75. The number of methoxy groups -OCH3 is 1. The summed E-state index contributed by atoms with van der Waals surface area (Å²) in [6, 6.07) is 9.63. The minimum atomic E-state index is 0.660. The molecule has 1 aromatic heterocycles. The number of hydrazone groups is 1. The van der Waals surface area contributed by atoms with Crippen LogP contribution in [-0.2, 0) is 9.47 Å². The lowest BCUT2D eigenvalue weighted by molar-refractivity contribution is 0.121. The van der Waals surface area contributed by atoms with Gasteiger partial charge in [0, 0.05) is 32.2 Å². The van der Waals surface area contributed by atoms with Crippen LogP contribution in [0.1, 0.15) is 5.56 Å². The van der Waals surface area contributed by atoms with E-state index in [1.807, 2.05) is 30.3 Å². The Morgan fingerprint density at radius 2 is 1.62 bits per heavy atom. The molecule has 154 valence electrons. The zero-order valence-electron chi connectivity index (χ0n) is 16.6. The van der Waals surface area contributed by atoms with Crippen LogP contribution in [0.2, 0.25) is 0 Å². The second-order valence-corrected chi connectivity index (χ2v) is 6.75. The fraction of sp³-hybridized carbons (Fsp3) is 0.450. The van der Waals surface area contributed by atoms with Crippen molar-refractivity contribution in [1.82, 2.24) is 9.97 Å². The van der Waals surface area contributed by atoms with E-state index < -0.39 is 0 Å². The molecule has 0 radical (unpaired) electrons. The van der Waals surface area contributed by atoms with Gasteiger partial charge in [-0.2, -0.15) is 15.1 Å². The molecule has 4 rings (SSSR count). The number of nitrogens with one attached hydrogen (secondary N) is 1. The quantitative estimate of drug-likeness (QED) is 0.580. The molecule has 2 aliphatic rings. The van der Waals surface area contributed by atoms with Crippen molar-refractivity contribution in [2.75, 3.05) is 74.9 Å². The molecule has 0 aliphatic carbocycles. The first-order valence-electron chi connectivity index (χ1n) is 9.79. The van der Waals surface area contributed by atoms with Gasteiger partial charge >= 0.3 is 0 Å². The van der Waals surface area contributed by atoms with E-state index in [2.05, 4.69) is 25.3 Å². The average Bonchev–Trinajstić information content (AvgIpc) is 2.80. The van der Waals surface area contributed by atoms with Crippen LogP contribution in [0.3, 0.4) is 0 Å². The van der Waals surface area contributed by atoms with E-state index in [1.165, 1.54) is 0 Å². The molecule has 9 heteroatoms. The molecule has 0 saturated carbocycles. The van der Waals surface area contributed by atoms with Crippen molar-refractivity contribution < 1.29 is 14.2 Å². The molecule has 9 nitrogen and oxygen atoms in total. The molecular formula is C20H26N6O3. The van der Waals surface area contributed by atoms with Crippen molar-refractivity contribution in [3.8, 4) is 5.75 Å². The maximum atomic E-state index is 5.47. The fourth-order valence-electron chi connectivity index (χ4n) is 3.20. The minimum Gasteiger partial charge on any atom is -0.497 e. The summed E-state index contributed by atoms with van der Waals surface area (Å²) in [6.45, 7) is 5.96. The van der Waals surface area contributed by atoms with Gasteiger partial charge < -0.3 is 24.0 Å². The summed E-state index contributed by atoms with van der Waals surface area (Å²) in [4.78, 5) is 13.8. The lowest BCUT2D eigenvalue weighted by Crippen LogP contribution is -2.39. The Hall–Kier alpha value is -2.91. The molecule has 29 heavy (non-hydrogen) atoms. The molecular weight excluding hydrogens is 372 g/mol. The Bertz CT molecular complexity index is 781. The lowest BCUT2D eigenvalue weighted by atomic mass is 10.2. The first-order valence-corrected chi connectivity index (χ1v) is 9.79.